The Balaban J connectivity index is 2.31. The maximum absolute atomic E-state index is 12.1. The molecule has 0 aromatic rings. The summed E-state index contributed by atoms with van der Waals surface area (Å²) >= 11 is 0. The Morgan fingerprint density at radius 2 is 1.84 bits per heavy atom. The van der Waals surface area contributed by atoms with Crippen LogP contribution < -0.4 is 5.32 Å². The maximum atomic E-state index is 12.1. The standard InChI is InChI=1S/C11H21BF3N2O2/c1-11(2,3)19-10(18)17-6-4-9(5-7-17)16-8-12(13,14)15/h9,16H,4-8H2,1-3H3/q-1/p+1. The van der Waals surface area contributed by atoms with Gasteiger partial charge in [0.05, 0.1) is 6.04 Å². The van der Waals surface area contributed by atoms with Crippen molar-refractivity contribution in [3.8, 4) is 0 Å². The van der Waals surface area contributed by atoms with Crippen LogP contribution in [0, 0.1) is 0 Å². The van der Waals surface area contributed by atoms with Gasteiger partial charge in [-0.3, -0.25) is 0 Å². The van der Waals surface area contributed by atoms with E-state index in [1.54, 1.807) is 25.7 Å². The highest BCUT2D eigenvalue weighted by Crippen LogP contribution is 2.14. The van der Waals surface area contributed by atoms with Crippen molar-refractivity contribution in [3.05, 3.63) is 0 Å². The summed E-state index contributed by atoms with van der Waals surface area (Å²) < 4.78 is 41.7. The molecule has 0 aliphatic carbocycles. The number of ether oxygens (including phenoxy) is 1. The minimum absolute atomic E-state index is 0.0535. The van der Waals surface area contributed by atoms with Gasteiger partial charge in [0.1, 0.15) is 5.60 Å². The second kappa shape index (κ2) is 6.03. The van der Waals surface area contributed by atoms with Gasteiger partial charge >= 0.3 is 13.1 Å². The van der Waals surface area contributed by atoms with E-state index in [9.17, 15) is 17.7 Å². The monoisotopic (exact) mass is 282 g/mol. The predicted molar refractivity (Wildman–Crippen MR) is 66.7 cm³/mol. The number of rotatable bonds is 3. The molecule has 1 rings (SSSR count). The Hall–Kier alpha value is -0.915. The molecular weight excluding hydrogens is 260 g/mol. The molecule has 1 fully saturated rings. The molecule has 0 aromatic carbocycles. The summed E-state index contributed by atoms with van der Waals surface area (Å²) in [7, 11) is 0. The van der Waals surface area contributed by atoms with E-state index in [2.05, 4.69) is 0 Å². The maximum Gasteiger partial charge on any atom is 0.531 e. The summed E-state index contributed by atoms with van der Waals surface area (Å²) in [6.45, 7) is 1.55. The average Bonchev–Trinajstić information content (AvgIpc) is 2.23. The highest BCUT2D eigenvalue weighted by molar-refractivity contribution is 6.58. The third kappa shape index (κ3) is 6.70. The molecule has 1 aliphatic heterocycles. The SMILES string of the molecule is CC(C)(C)OC(=O)N1CCC([NH2+]C[B-](F)(F)F)CC1. The summed E-state index contributed by atoms with van der Waals surface area (Å²) in [4.78, 5) is 13.3. The Morgan fingerprint density at radius 3 is 2.26 bits per heavy atom. The fourth-order valence-corrected chi connectivity index (χ4v) is 1.99. The molecule has 0 radical (unpaired) electrons. The second-order valence-corrected chi connectivity index (χ2v) is 5.99. The van der Waals surface area contributed by atoms with E-state index in [-0.39, 0.29) is 12.1 Å². The van der Waals surface area contributed by atoms with E-state index in [4.69, 9.17) is 4.74 Å². The van der Waals surface area contributed by atoms with Gasteiger partial charge < -0.3 is 27.9 Å². The van der Waals surface area contributed by atoms with Crippen LogP contribution in [0.25, 0.3) is 0 Å². The number of likely N-dealkylation sites (tertiary alicyclic amines) is 1. The van der Waals surface area contributed by atoms with Gasteiger partial charge in [-0.05, 0) is 20.8 Å². The van der Waals surface area contributed by atoms with E-state index >= 15 is 0 Å². The molecule has 19 heavy (non-hydrogen) atoms. The fraction of sp³-hybridized carbons (Fsp3) is 0.909. The molecular formula is C11H22BF3N2O2. The largest absolute Gasteiger partial charge is 0.531 e. The van der Waals surface area contributed by atoms with Crippen LogP contribution in [0.2, 0.25) is 0 Å². The molecule has 2 N–H and O–H groups in total. The zero-order chi connectivity index (χ0) is 14.7. The van der Waals surface area contributed by atoms with Crippen LogP contribution in [0.4, 0.5) is 17.7 Å². The smallest absolute Gasteiger partial charge is 0.445 e. The molecule has 0 bridgehead atoms. The number of hydrogen-bond acceptors (Lipinski definition) is 2. The molecule has 0 saturated carbocycles. The predicted octanol–water partition coefficient (Wildman–Crippen LogP) is 1.34. The fourth-order valence-electron chi connectivity index (χ4n) is 1.99. The van der Waals surface area contributed by atoms with Crippen molar-refractivity contribution >= 4 is 13.1 Å². The van der Waals surface area contributed by atoms with Gasteiger partial charge in [-0.25, -0.2) is 4.79 Å². The van der Waals surface area contributed by atoms with Gasteiger partial charge in [0.25, 0.3) is 0 Å². The number of quaternary nitrogens is 1. The Bertz CT molecular complexity index is 310. The van der Waals surface area contributed by atoms with Crippen molar-refractivity contribution in [1.29, 1.82) is 0 Å². The normalized spacial score (nSPS) is 18.5. The van der Waals surface area contributed by atoms with Gasteiger partial charge in [-0.15, -0.1) is 0 Å². The highest BCUT2D eigenvalue weighted by Gasteiger charge is 2.31. The van der Waals surface area contributed by atoms with Crippen LogP contribution in [0.3, 0.4) is 0 Å². The van der Waals surface area contributed by atoms with E-state index in [1.165, 1.54) is 5.32 Å². The van der Waals surface area contributed by atoms with Crippen LogP contribution in [0.5, 0.6) is 0 Å². The molecule has 1 heterocycles. The minimum Gasteiger partial charge on any atom is -0.445 e. The first-order valence-corrected chi connectivity index (χ1v) is 6.59. The topological polar surface area (TPSA) is 46.1 Å². The van der Waals surface area contributed by atoms with Crippen molar-refractivity contribution in [1.82, 2.24) is 4.90 Å². The summed E-state index contributed by atoms with van der Waals surface area (Å²) in [6, 6.07) is -0.0535. The van der Waals surface area contributed by atoms with Gasteiger partial charge in [0.2, 0.25) is 0 Å². The quantitative estimate of drug-likeness (QED) is 0.794. The van der Waals surface area contributed by atoms with Crippen molar-refractivity contribution in [2.45, 2.75) is 45.3 Å². The molecule has 1 amide bonds. The molecule has 112 valence electrons. The molecule has 0 unspecified atom stereocenters. The van der Waals surface area contributed by atoms with Crippen molar-refractivity contribution in [2.75, 3.05) is 19.5 Å². The minimum atomic E-state index is -4.74. The zero-order valence-corrected chi connectivity index (χ0v) is 11.7. The first-order valence-electron chi connectivity index (χ1n) is 6.59. The zero-order valence-electron chi connectivity index (χ0n) is 11.7. The van der Waals surface area contributed by atoms with Crippen LogP contribution in [0.15, 0.2) is 0 Å². The lowest BCUT2D eigenvalue weighted by Crippen LogP contribution is -2.93. The summed E-state index contributed by atoms with van der Waals surface area (Å²) in [5, 5.41) is 1.34. The Labute approximate surface area is 111 Å². The summed E-state index contributed by atoms with van der Waals surface area (Å²) in [5.41, 5.74) is -0.543. The number of piperidine rings is 1. The number of halogens is 3. The summed E-state index contributed by atoms with van der Waals surface area (Å²) in [5.74, 6) is 0. The van der Waals surface area contributed by atoms with Crippen molar-refractivity contribution in [2.24, 2.45) is 0 Å². The number of amides is 1. The van der Waals surface area contributed by atoms with Crippen LogP contribution in [-0.2, 0) is 4.74 Å². The number of carbonyl (C=O) groups is 1. The Morgan fingerprint density at radius 1 is 1.32 bits per heavy atom. The van der Waals surface area contributed by atoms with Crippen molar-refractivity contribution in [3.63, 3.8) is 0 Å². The van der Waals surface area contributed by atoms with Crippen LogP contribution >= 0.6 is 0 Å². The summed E-state index contributed by atoms with van der Waals surface area (Å²) in [6.07, 6.45) is -0.0283. The highest BCUT2D eigenvalue weighted by atomic mass is 19.4. The van der Waals surface area contributed by atoms with Gasteiger partial charge in [-0.1, -0.05) is 0 Å². The number of nitrogens with two attached hydrogens (primary N) is 1. The van der Waals surface area contributed by atoms with Gasteiger partial charge in [0.15, 0.2) is 0 Å². The molecule has 1 saturated heterocycles. The average molecular weight is 282 g/mol. The molecule has 4 nitrogen and oxygen atoms in total. The third-order valence-electron chi connectivity index (χ3n) is 2.93. The van der Waals surface area contributed by atoms with Crippen LogP contribution in [0.1, 0.15) is 33.6 Å². The number of hydrogen-bond donors (Lipinski definition) is 1. The molecule has 0 atom stereocenters. The van der Waals surface area contributed by atoms with E-state index in [0.29, 0.717) is 25.9 Å². The van der Waals surface area contributed by atoms with E-state index in [0.717, 1.165) is 0 Å². The lowest BCUT2D eigenvalue weighted by atomic mass is 9.91. The van der Waals surface area contributed by atoms with Crippen molar-refractivity contribution < 1.29 is 27.8 Å². The molecule has 0 aromatic heterocycles. The van der Waals surface area contributed by atoms with Gasteiger partial charge in [0, 0.05) is 32.4 Å². The van der Waals surface area contributed by atoms with E-state index < -0.39 is 19.0 Å². The third-order valence-corrected chi connectivity index (χ3v) is 2.93. The Kier molecular flexibility index (Phi) is 5.12. The van der Waals surface area contributed by atoms with Crippen LogP contribution in [-0.4, -0.2) is 49.1 Å². The molecule has 8 heteroatoms. The first kappa shape index (κ1) is 16.1. The van der Waals surface area contributed by atoms with Gasteiger partial charge in [-0.2, -0.15) is 0 Å². The number of nitrogens with zero attached hydrogens (tertiary/aromatic N) is 1. The number of carbonyl (C=O) groups excluding carboxylic acids is 1. The molecule has 1 aliphatic rings. The van der Waals surface area contributed by atoms with E-state index in [1.807, 2.05) is 0 Å². The first-order chi connectivity index (χ1) is 8.57. The lowest BCUT2D eigenvalue weighted by molar-refractivity contribution is -0.681. The molecule has 0 spiro atoms. The second-order valence-electron chi connectivity index (χ2n) is 5.99. The lowest BCUT2D eigenvalue weighted by Gasteiger charge is -2.33.